The van der Waals surface area contributed by atoms with Crippen LogP contribution in [0, 0.1) is 24.7 Å². The molecule has 2 N–H and O–H groups in total. The molecule has 2 aliphatic carbocycles. The molecule has 0 aromatic carbocycles. The predicted octanol–water partition coefficient (Wildman–Crippen LogP) is 0.807. The first-order valence-corrected chi connectivity index (χ1v) is 7.06. The third kappa shape index (κ3) is 2.55. The number of hydrogen-bond acceptors (Lipinski definition) is 3. The van der Waals surface area contributed by atoms with Gasteiger partial charge in [-0.15, -0.1) is 0 Å². The van der Waals surface area contributed by atoms with Crippen molar-refractivity contribution in [3.63, 3.8) is 0 Å². The van der Waals surface area contributed by atoms with Crippen molar-refractivity contribution in [1.82, 2.24) is 15.1 Å². The highest BCUT2D eigenvalue weighted by atomic mass is 16.4. The Morgan fingerprint density at radius 1 is 1.45 bits per heavy atom. The summed E-state index contributed by atoms with van der Waals surface area (Å²) in [4.78, 5) is 23.0. The first kappa shape index (κ1) is 13.1. The molecule has 0 bridgehead atoms. The number of carbonyl (C=O) groups excluding carboxylic acids is 1. The number of nitrogens with zero attached hydrogens (tertiary/aromatic N) is 2. The number of carbonyl (C=O) groups is 2. The highest BCUT2D eigenvalue weighted by Crippen LogP contribution is 2.55. The fourth-order valence-electron chi connectivity index (χ4n) is 3.32. The Kier molecular flexibility index (Phi) is 3.23. The second-order valence-corrected chi connectivity index (χ2v) is 5.95. The summed E-state index contributed by atoms with van der Waals surface area (Å²) in [6, 6.07) is 0.0490. The number of aryl methyl sites for hydroxylation is 2. The van der Waals surface area contributed by atoms with E-state index in [1.165, 1.54) is 0 Å². The largest absolute Gasteiger partial charge is 0.481 e. The molecule has 6 nitrogen and oxygen atoms in total. The van der Waals surface area contributed by atoms with Crippen LogP contribution in [0.1, 0.15) is 24.8 Å². The van der Waals surface area contributed by atoms with E-state index in [1.54, 1.807) is 10.9 Å². The molecule has 1 aromatic rings. The van der Waals surface area contributed by atoms with Gasteiger partial charge in [0.25, 0.3) is 0 Å². The Hall–Kier alpha value is -1.85. The predicted molar refractivity (Wildman–Crippen MR) is 70.9 cm³/mol. The summed E-state index contributed by atoms with van der Waals surface area (Å²) in [5.74, 6) is -0.335. The standard InChI is InChI=1S/C14H19N3O3/c1-8-6-15-17(7-8)3-2-13(18)16-12-5-11(14(19)20)9-4-10(9)12/h6-7,9-12H,2-5H2,1H3,(H,16,18)(H,19,20)/t9-,10+,11-,12+/m0/s1. The van der Waals surface area contributed by atoms with E-state index in [4.69, 9.17) is 5.11 Å². The van der Waals surface area contributed by atoms with E-state index in [0.29, 0.717) is 25.3 Å². The van der Waals surface area contributed by atoms with Gasteiger partial charge in [-0.25, -0.2) is 0 Å². The molecule has 4 atom stereocenters. The molecular formula is C14H19N3O3. The van der Waals surface area contributed by atoms with E-state index in [9.17, 15) is 9.59 Å². The Morgan fingerprint density at radius 3 is 2.85 bits per heavy atom. The van der Waals surface area contributed by atoms with E-state index in [1.807, 2.05) is 13.1 Å². The molecule has 1 heterocycles. The molecule has 0 unspecified atom stereocenters. The highest BCUT2D eigenvalue weighted by Gasteiger charge is 2.57. The van der Waals surface area contributed by atoms with Crippen molar-refractivity contribution < 1.29 is 14.7 Å². The van der Waals surface area contributed by atoms with Gasteiger partial charge in [0, 0.05) is 25.2 Å². The molecule has 3 rings (SSSR count). The summed E-state index contributed by atoms with van der Waals surface area (Å²) in [5.41, 5.74) is 1.08. The zero-order valence-electron chi connectivity index (χ0n) is 11.5. The summed E-state index contributed by atoms with van der Waals surface area (Å²) in [5, 5.41) is 16.2. The lowest BCUT2D eigenvalue weighted by Gasteiger charge is -2.15. The van der Waals surface area contributed by atoms with Crippen LogP contribution in [0.3, 0.4) is 0 Å². The minimum atomic E-state index is -0.721. The highest BCUT2D eigenvalue weighted by molar-refractivity contribution is 5.77. The molecule has 1 aromatic heterocycles. The second-order valence-electron chi connectivity index (χ2n) is 5.95. The lowest BCUT2D eigenvalue weighted by Crippen LogP contribution is -2.36. The van der Waals surface area contributed by atoms with Crippen molar-refractivity contribution in [1.29, 1.82) is 0 Å². The lowest BCUT2D eigenvalue weighted by molar-refractivity contribution is -0.142. The van der Waals surface area contributed by atoms with E-state index >= 15 is 0 Å². The minimum absolute atomic E-state index is 0.0140. The molecule has 1 amide bonds. The van der Waals surface area contributed by atoms with Crippen LogP contribution in [0.25, 0.3) is 0 Å². The summed E-state index contributed by atoms with van der Waals surface area (Å²) >= 11 is 0. The van der Waals surface area contributed by atoms with Crippen LogP contribution in [0.5, 0.6) is 0 Å². The number of amides is 1. The number of carboxylic acids is 1. The van der Waals surface area contributed by atoms with Crippen molar-refractivity contribution in [2.75, 3.05) is 0 Å². The van der Waals surface area contributed by atoms with Crippen LogP contribution in [-0.2, 0) is 16.1 Å². The van der Waals surface area contributed by atoms with Crippen LogP contribution in [0.2, 0.25) is 0 Å². The molecule has 2 fully saturated rings. The van der Waals surface area contributed by atoms with Crippen LogP contribution >= 0.6 is 0 Å². The van der Waals surface area contributed by atoms with Crippen molar-refractivity contribution in [3.8, 4) is 0 Å². The fraction of sp³-hybridized carbons (Fsp3) is 0.643. The average Bonchev–Trinajstić information content (AvgIpc) is 2.94. The Labute approximate surface area is 117 Å². The maximum Gasteiger partial charge on any atom is 0.306 e. The zero-order valence-corrected chi connectivity index (χ0v) is 11.5. The van der Waals surface area contributed by atoms with Gasteiger partial charge < -0.3 is 10.4 Å². The molecule has 0 spiro atoms. The summed E-state index contributed by atoms with van der Waals surface area (Å²) < 4.78 is 1.75. The lowest BCUT2D eigenvalue weighted by atomic mass is 10.0. The normalized spacial score (nSPS) is 30.9. The smallest absolute Gasteiger partial charge is 0.306 e. The number of hydrogen-bond donors (Lipinski definition) is 2. The number of aromatic nitrogens is 2. The molecule has 0 aliphatic heterocycles. The fourth-order valence-corrected chi connectivity index (χ4v) is 3.32. The van der Waals surface area contributed by atoms with Gasteiger partial charge >= 0.3 is 5.97 Å². The van der Waals surface area contributed by atoms with Crippen LogP contribution in [0.15, 0.2) is 12.4 Å². The second kappa shape index (κ2) is 4.92. The van der Waals surface area contributed by atoms with Gasteiger partial charge in [0.05, 0.1) is 12.1 Å². The molecule has 2 saturated carbocycles. The van der Waals surface area contributed by atoms with Gasteiger partial charge in [-0.1, -0.05) is 0 Å². The van der Waals surface area contributed by atoms with Gasteiger partial charge in [-0.2, -0.15) is 5.10 Å². The number of nitrogens with one attached hydrogen (secondary N) is 1. The minimum Gasteiger partial charge on any atom is -0.481 e. The van der Waals surface area contributed by atoms with Gasteiger partial charge in [-0.05, 0) is 37.2 Å². The molecule has 0 saturated heterocycles. The van der Waals surface area contributed by atoms with Gasteiger partial charge in [-0.3, -0.25) is 14.3 Å². The van der Waals surface area contributed by atoms with E-state index in [2.05, 4.69) is 10.4 Å². The number of carboxylic acid groups (broad SMARTS) is 1. The van der Waals surface area contributed by atoms with Gasteiger partial charge in [0.15, 0.2) is 0 Å². The SMILES string of the molecule is Cc1cnn(CCC(=O)N[C@@H]2C[C@H](C(=O)O)[C@H]3C[C@H]32)c1. The van der Waals surface area contributed by atoms with E-state index in [0.717, 1.165) is 12.0 Å². The Morgan fingerprint density at radius 2 is 2.25 bits per heavy atom. The number of fused-ring (bicyclic) bond motifs is 1. The Balaban J connectivity index is 1.47. The van der Waals surface area contributed by atoms with E-state index in [-0.39, 0.29) is 23.8 Å². The van der Waals surface area contributed by atoms with E-state index < -0.39 is 5.97 Å². The first-order valence-electron chi connectivity index (χ1n) is 7.06. The summed E-state index contributed by atoms with van der Waals surface area (Å²) in [6.45, 7) is 2.52. The quantitative estimate of drug-likeness (QED) is 0.834. The topological polar surface area (TPSA) is 84.2 Å². The molecule has 108 valence electrons. The zero-order chi connectivity index (χ0) is 14.3. The number of aliphatic carboxylic acids is 1. The molecule has 6 heteroatoms. The van der Waals surface area contributed by atoms with Crippen LogP contribution < -0.4 is 5.32 Å². The van der Waals surface area contributed by atoms with Crippen molar-refractivity contribution in [2.24, 2.45) is 17.8 Å². The maximum absolute atomic E-state index is 11.9. The molecule has 0 radical (unpaired) electrons. The van der Waals surface area contributed by atoms with Crippen molar-refractivity contribution >= 4 is 11.9 Å². The number of rotatable bonds is 5. The van der Waals surface area contributed by atoms with Crippen LogP contribution in [0.4, 0.5) is 0 Å². The third-order valence-corrected chi connectivity index (χ3v) is 4.43. The monoisotopic (exact) mass is 277 g/mol. The van der Waals surface area contributed by atoms with Crippen molar-refractivity contribution in [2.45, 2.75) is 38.8 Å². The molecule has 2 aliphatic rings. The van der Waals surface area contributed by atoms with Gasteiger partial charge in [0.2, 0.25) is 5.91 Å². The van der Waals surface area contributed by atoms with Crippen molar-refractivity contribution in [3.05, 3.63) is 18.0 Å². The summed E-state index contributed by atoms with van der Waals surface area (Å²) in [7, 11) is 0. The maximum atomic E-state index is 11.9. The first-order chi connectivity index (χ1) is 9.54. The Bertz CT molecular complexity index is 540. The van der Waals surface area contributed by atoms with Gasteiger partial charge in [0.1, 0.15) is 0 Å². The summed E-state index contributed by atoms with van der Waals surface area (Å²) in [6.07, 6.45) is 5.58. The molecular weight excluding hydrogens is 258 g/mol. The third-order valence-electron chi connectivity index (χ3n) is 4.43. The average molecular weight is 277 g/mol. The molecule has 20 heavy (non-hydrogen) atoms. The van der Waals surface area contributed by atoms with Crippen LogP contribution in [-0.4, -0.2) is 32.8 Å².